The third-order valence-corrected chi connectivity index (χ3v) is 4.26. The molecule has 0 radical (unpaired) electrons. The Hall–Kier alpha value is -1.40. The molecule has 1 amide bonds. The first-order valence-electron chi connectivity index (χ1n) is 7.87. The third-order valence-electron chi connectivity index (χ3n) is 4.26. The fourth-order valence-electron chi connectivity index (χ4n) is 2.79. The van der Waals surface area contributed by atoms with Gasteiger partial charge in [-0.3, -0.25) is 14.4 Å². The van der Waals surface area contributed by atoms with Crippen molar-refractivity contribution in [1.29, 1.82) is 0 Å². The fourth-order valence-corrected chi connectivity index (χ4v) is 2.79. The van der Waals surface area contributed by atoms with Crippen molar-refractivity contribution < 1.29 is 4.79 Å². The maximum Gasteiger partial charge on any atom is 0.231 e. The molecule has 2 heterocycles. The van der Waals surface area contributed by atoms with Crippen molar-refractivity contribution in [3.05, 3.63) is 18.0 Å². The molecular formula is C15H27N5O. The summed E-state index contributed by atoms with van der Waals surface area (Å²) in [6, 6.07) is 2.86. The molecule has 0 bridgehead atoms. The van der Waals surface area contributed by atoms with Crippen LogP contribution in [0.5, 0.6) is 0 Å². The molecule has 118 valence electrons. The van der Waals surface area contributed by atoms with Gasteiger partial charge in [0.25, 0.3) is 0 Å². The first-order valence-corrected chi connectivity index (χ1v) is 7.87. The summed E-state index contributed by atoms with van der Waals surface area (Å²) in [7, 11) is 0. The highest BCUT2D eigenvalue weighted by Gasteiger charge is 2.23. The van der Waals surface area contributed by atoms with Gasteiger partial charge >= 0.3 is 0 Å². The van der Waals surface area contributed by atoms with Gasteiger partial charge in [0.1, 0.15) is 0 Å². The van der Waals surface area contributed by atoms with Crippen molar-refractivity contribution in [2.45, 2.75) is 51.7 Å². The smallest absolute Gasteiger partial charge is 0.231 e. The zero-order valence-electron chi connectivity index (χ0n) is 13.1. The quantitative estimate of drug-likeness (QED) is 0.783. The van der Waals surface area contributed by atoms with E-state index in [4.69, 9.17) is 5.73 Å². The SMILES string of the molecule is CCC(C)n1ccc(CN(CC(N)=O)C2CCNCC2)n1. The van der Waals surface area contributed by atoms with Gasteiger partial charge in [0.05, 0.1) is 12.2 Å². The molecule has 3 N–H and O–H groups in total. The Morgan fingerprint density at radius 1 is 1.57 bits per heavy atom. The van der Waals surface area contributed by atoms with Crippen LogP contribution in [0, 0.1) is 0 Å². The second-order valence-electron chi connectivity index (χ2n) is 5.90. The molecule has 6 heteroatoms. The van der Waals surface area contributed by atoms with Crippen LogP contribution >= 0.6 is 0 Å². The topological polar surface area (TPSA) is 76.2 Å². The van der Waals surface area contributed by atoms with Crippen LogP contribution < -0.4 is 11.1 Å². The number of nitrogens with two attached hydrogens (primary N) is 1. The normalized spacial score (nSPS) is 18.0. The zero-order valence-corrected chi connectivity index (χ0v) is 13.1. The van der Waals surface area contributed by atoms with Crippen LogP contribution in [-0.4, -0.2) is 46.3 Å². The van der Waals surface area contributed by atoms with Crippen molar-refractivity contribution in [3.63, 3.8) is 0 Å². The van der Waals surface area contributed by atoms with Gasteiger partial charge in [0, 0.05) is 24.8 Å². The highest BCUT2D eigenvalue weighted by atomic mass is 16.1. The van der Waals surface area contributed by atoms with Crippen molar-refractivity contribution in [1.82, 2.24) is 20.0 Å². The fraction of sp³-hybridized carbons (Fsp3) is 0.733. The molecule has 0 aliphatic carbocycles. The van der Waals surface area contributed by atoms with E-state index in [2.05, 4.69) is 29.2 Å². The van der Waals surface area contributed by atoms with E-state index in [1.807, 2.05) is 16.9 Å². The summed E-state index contributed by atoms with van der Waals surface area (Å²) in [5.41, 5.74) is 6.42. The Labute approximate surface area is 126 Å². The number of nitrogens with one attached hydrogen (secondary N) is 1. The van der Waals surface area contributed by atoms with Crippen LogP contribution in [0.4, 0.5) is 0 Å². The van der Waals surface area contributed by atoms with E-state index in [9.17, 15) is 4.79 Å². The number of piperidine rings is 1. The minimum atomic E-state index is -0.269. The van der Waals surface area contributed by atoms with Crippen molar-refractivity contribution in [2.75, 3.05) is 19.6 Å². The number of hydrogen-bond acceptors (Lipinski definition) is 4. The van der Waals surface area contributed by atoms with Gasteiger partial charge in [0.15, 0.2) is 0 Å². The van der Waals surface area contributed by atoms with Gasteiger partial charge in [-0.25, -0.2) is 0 Å². The van der Waals surface area contributed by atoms with Crippen molar-refractivity contribution in [3.8, 4) is 0 Å². The Morgan fingerprint density at radius 3 is 2.90 bits per heavy atom. The number of carbonyl (C=O) groups is 1. The summed E-state index contributed by atoms with van der Waals surface area (Å²) in [5, 5.41) is 7.98. The van der Waals surface area contributed by atoms with E-state index in [0.29, 0.717) is 25.2 Å². The van der Waals surface area contributed by atoms with E-state index in [1.54, 1.807) is 0 Å². The molecule has 2 rings (SSSR count). The third kappa shape index (κ3) is 4.54. The van der Waals surface area contributed by atoms with E-state index in [0.717, 1.165) is 38.0 Å². The summed E-state index contributed by atoms with van der Waals surface area (Å²) < 4.78 is 2.00. The number of carbonyl (C=O) groups excluding carboxylic acids is 1. The molecule has 6 nitrogen and oxygen atoms in total. The van der Waals surface area contributed by atoms with Gasteiger partial charge in [-0.2, -0.15) is 5.10 Å². The predicted molar refractivity (Wildman–Crippen MR) is 82.7 cm³/mol. The summed E-state index contributed by atoms with van der Waals surface area (Å²) >= 11 is 0. The molecule has 1 aliphatic heterocycles. The lowest BCUT2D eigenvalue weighted by Crippen LogP contribution is -2.46. The Bertz CT molecular complexity index is 453. The van der Waals surface area contributed by atoms with Crippen LogP contribution in [0.15, 0.2) is 12.3 Å². The monoisotopic (exact) mass is 293 g/mol. The van der Waals surface area contributed by atoms with Gasteiger partial charge in [-0.05, 0) is 45.3 Å². The van der Waals surface area contributed by atoms with E-state index in [-0.39, 0.29) is 5.91 Å². The lowest BCUT2D eigenvalue weighted by Gasteiger charge is -2.33. The second kappa shape index (κ2) is 7.56. The summed E-state index contributed by atoms with van der Waals surface area (Å²) in [5.74, 6) is -0.269. The lowest BCUT2D eigenvalue weighted by atomic mass is 10.0. The summed E-state index contributed by atoms with van der Waals surface area (Å²) in [6.07, 6.45) is 5.19. The molecule has 1 fully saturated rings. The zero-order chi connectivity index (χ0) is 15.2. The van der Waals surface area contributed by atoms with Crippen LogP contribution in [0.1, 0.15) is 44.8 Å². The number of rotatable bonds is 7. The van der Waals surface area contributed by atoms with E-state index in [1.165, 1.54) is 0 Å². The average Bonchev–Trinajstić information content (AvgIpc) is 2.95. The van der Waals surface area contributed by atoms with Gasteiger partial charge < -0.3 is 11.1 Å². The van der Waals surface area contributed by atoms with Crippen LogP contribution in [0.2, 0.25) is 0 Å². The molecule has 0 saturated carbocycles. The molecule has 0 aromatic carbocycles. The van der Waals surface area contributed by atoms with Crippen molar-refractivity contribution in [2.24, 2.45) is 5.73 Å². The molecule has 1 saturated heterocycles. The van der Waals surface area contributed by atoms with Crippen LogP contribution in [-0.2, 0) is 11.3 Å². The minimum absolute atomic E-state index is 0.269. The van der Waals surface area contributed by atoms with Gasteiger partial charge in [-0.1, -0.05) is 6.92 Å². The first-order chi connectivity index (χ1) is 10.1. The first kappa shape index (κ1) is 16.0. The van der Waals surface area contributed by atoms with E-state index >= 15 is 0 Å². The molecule has 1 aliphatic rings. The number of aromatic nitrogens is 2. The average molecular weight is 293 g/mol. The van der Waals surface area contributed by atoms with E-state index < -0.39 is 0 Å². The lowest BCUT2D eigenvalue weighted by molar-refractivity contribution is -0.120. The van der Waals surface area contributed by atoms with Crippen molar-refractivity contribution >= 4 is 5.91 Å². The Balaban J connectivity index is 2.03. The largest absolute Gasteiger partial charge is 0.369 e. The maximum absolute atomic E-state index is 11.3. The molecular weight excluding hydrogens is 266 g/mol. The number of nitrogens with zero attached hydrogens (tertiary/aromatic N) is 3. The second-order valence-corrected chi connectivity index (χ2v) is 5.90. The molecule has 1 atom stereocenters. The highest BCUT2D eigenvalue weighted by molar-refractivity contribution is 5.75. The molecule has 1 aromatic rings. The van der Waals surface area contributed by atoms with Gasteiger partial charge in [-0.15, -0.1) is 0 Å². The molecule has 1 unspecified atom stereocenters. The Kier molecular flexibility index (Phi) is 5.76. The summed E-state index contributed by atoms with van der Waals surface area (Å²) in [6.45, 7) is 7.31. The van der Waals surface area contributed by atoms with Crippen LogP contribution in [0.3, 0.4) is 0 Å². The van der Waals surface area contributed by atoms with Crippen LogP contribution in [0.25, 0.3) is 0 Å². The van der Waals surface area contributed by atoms with Gasteiger partial charge in [0.2, 0.25) is 5.91 Å². The highest BCUT2D eigenvalue weighted by Crippen LogP contribution is 2.16. The number of amides is 1. The Morgan fingerprint density at radius 2 is 2.29 bits per heavy atom. The molecule has 21 heavy (non-hydrogen) atoms. The number of primary amides is 1. The predicted octanol–water partition coefficient (Wildman–Crippen LogP) is 0.893. The maximum atomic E-state index is 11.3. The summed E-state index contributed by atoms with van der Waals surface area (Å²) in [4.78, 5) is 13.5. The molecule has 0 spiro atoms. The number of hydrogen-bond donors (Lipinski definition) is 2. The standard InChI is InChI=1S/C15H27N5O/c1-3-12(2)20-9-6-13(18-20)10-19(11-15(16)21)14-4-7-17-8-5-14/h6,9,12,14,17H,3-5,7-8,10-11H2,1-2H3,(H2,16,21). The molecule has 1 aromatic heterocycles. The minimum Gasteiger partial charge on any atom is -0.369 e.